The van der Waals surface area contributed by atoms with E-state index in [1.165, 1.54) is 18.4 Å². The number of rotatable bonds is 5. The fourth-order valence-electron chi connectivity index (χ4n) is 2.38. The molecule has 0 saturated carbocycles. The molecule has 8 nitrogen and oxygen atoms in total. The molecule has 25 heavy (non-hydrogen) atoms. The molecule has 9 heteroatoms. The Hall–Kier alpha value is -2.94. The van der Waals surface area contributed by atoms with Gasteiger partial charge in [0.25, 0.3) is 5.89 Å². The van der Waals surface area contributed by atoms with E-state index in [0.717, 1.165) is 5.56 Å². The van der Waals surface area contributed by atoms with E-state index in [2.05, 4.69) is 15.1 Å². The SMILES string of the molecule is COC(=O)c1c(C)[nH]c(C(=O)OCc2nc(-c3ccsc3)no2)c1C. The molecule has 0 aliphatic heterocycles. The number of methoxy groups -OCH3 is 1. The molecule has 0 radical (unpaired) electrons. The van der Waals surface area contributed by atoms with Crippen molar-refractivity contribution in [3.8, 4) is 11.4 Å². The van der Waals surface area contributed by atoms with Gasteiger partial charge < -0.3 is 19.0 Å². The molecule has 0 fully saturated rings. The summed E-state index contributed by atoms with van der Waals surface area (Å²) in [7, 11) is 1.28. The van der Waals surface area contributed by atoms with Gasteiger partial charge in [0.2, 0.25) is 5.82 Å². The van der Waals surface area contributed by atoms with E-state index < -0.39 is 11.9 Å². The maximum absolute atomic E-state index is 12.3. The largest absolute Gasteiger partial charge is 0.465 e. The summed E-state index contributed by atoms with van der Waals surface area (Å²) in [5, 5.41) is 7.63. The quantitative estimate of drug-likeness (QED) is 0.696. The van der Waals surface area contributed by atoms with E-state index in [4.69, 9.17) is 14.0 Å². The highest BCUT2D eigenvalue weighted by Crippen LogP contribution is 2.21. The summed E-state index contributed by atoms with van der Waals surface area (Å²) < 4.78 is 15.0. The van der Waals surface area contributed by atoms with Crippen LogP contribution in [0.25, 0.3) is 11.4 Å². The number of hydrogen-bond donors (Lipinski definition) is 1. The highest BCUT2D eigenvalue weighted by Gasteiger charge is 2.23. The maximum atomic E-state index is 12.3. The van der Waals surface area contributed by atoms with Crippen LogP contribution in [0, 0.1) is 13.8 Å². The Morgan fingerprint density at radius 2 is 2.12 bits per heavy atom. The number of carbonyl (C=O) groups is 2. The van der Waals surface area contributed by atoms with E-state index in [0.29, 0.717) is 22.6 Å². The van der Waals surface area contributed by atoms with Gasteiger partial charge in [-0.2, -0.15) is 16.3 Å². The summed E-state index contributed by atoms with van der Waals surface area (Å²) in [6, 6.07) is 1.87. The fourth-order valence-corrected chi connectivity index (χ4v) is 3.02. The van der Waals surface area contributed by atoms with Crippen LogP contribution in [-0.4, -0.2) is 34.2 Å². The fraction of sp³-hybridized carbons (Fsp3) is 0.250. The lowest BCUT2D eigenvalue weighted by atomic mass is 10.1. The summed E-state index contributed by atoms with van der Waals surface area (Å²) in [5.41, 5.74) is 2.36. The van der Waals surface area contributed by atoms with Crippen molar-refractivity contribution >= 4 is 23.3 Å². The molecule has 0 atom stereocenters. The molecule has 1 N–H and O–H groups in total. The number of ether oxygens (including phenoxy) is 2. The van der Waals surface area contributed by atoms with Crippen LogP contribution in [0.5, 0.6) is 0 Å². The van der Waals surface area contributed by atoms with Crippen LogP contribution >= 0.6 is 11.3 Å². The van der Waals surface area contributed by atoms with E-state index in [-0.39, 0.29) is 18.2 Å². The standard InChI is InChI=1S/C16H15N3O5S/c1-8-12(15(20)22-3)9(2)17-13(8)16(21)23-6-11-18-14(19-24-11)10-4-5-25-7-10/h4-5,7,17H,6H2,1-3H3. The van der Waals surface area contributed by atoms with Crippen molar-refractivity contribution in [2.24, 2.45) is 0 Å². The number of H-pyrrole nitrogens is 1. The average molecular weight is 361 g/mol. The van der Waals surface area contributed by atoms with Crippen LogP contribution in [0.1, 0.15) is 38.0 Å². The van der Waals surface area contributed by atoms with Crippen LogP contribution in [0.2, 0.25) is 0 Å². The van der Waals surface area contributed by atoms with Crippen molar-refractivity contribution in [2.45, 2.75) is 20.5 Å². The van der Waals surface area contributed by atoms with Gasteiger partial charge in [-0.05, 0) is 30.9 Å². The van der Waals surface area contributed by atoms with Crippen LogP contribution in [0.15, 0.2) is 21.3 Å². The van der Waals surface area contributed by atoms with E-state index in [1.54, 1.807) is 13.8 Å². The molecule has 0 saturated heterocycles. The molecule has 3 heterocycles. The maximum Gasteiger partial charge on any atom is 0.355 e. The second-order valence-electron chi connectivity index (χ2n) is 5.22. The lowest BCUT2D eigenvalue weighted by molar-refractivity contribution is 0.0422. The van der Waals surface area contributed by atoms with Gasteiger partial charge in [-0.3, -0.25) is 0 Å². The van der Waals surface area contributed by atoms with Crippen molar-refractivity contribution < 1.29 is 23.6 Å². The number of carbonyl (C=O) groups excluding carboxylic acids is 2. The van der Waals surface area contributed by atoms with Crippen LogP contribution in [0.3, 0.4) is 0 Å². The molecule has 3 aromatic rings. The van der Waals surface area contributed by atoms with Crippen molar-refractivity contribution in [1.29, 1.82) is 0 Å². The highest BCUT2D eigenvalue weighted by atomic mass is 32.1. The van der Waals surface area contributed by atoms with Crippen molar-refractivity contribution in [1.82, 2.24) is 15.1 Å². The van der Waals surface area contributed by atoms with Crippen LogP contribution in [0.4, 0.5) is 0 Å². The van der Waals surface area contributed by atoms with Gasteiger partial charge in [-0.15, -0.1) is 0 Å². The Morgan fingerprint density at radius 3 is 2.80 bits per heavy atom. The third-order valence-electron chi connectivity index (χ3n) is 3.61. The third-order valence-corrected chi connectivity index (χ3v) is 4.29. The van der Waals surface area contributed by atoms with E-state index in [9.17, 15) is 9.59 Å². The smallest absolute Gasteiger partial charge is 0.355 e. The number of aromatic nitrogens is 3. The first-order valence-electron chi connectivity index (χ1n) is 7.31. The number of aryl methyl sites for hydroxylation is 1. The van der Waals surface area contributed by atoms with Gasteiger partial charge in [0.05, 0.1) is 12.7 Å². The Kier molecular flexibility index (Phi) is 4.66. The average Bonchev–Trinajstić information content (AvgIpc) is 3.32. The van der Waals surface area contributed by atoms with Gasteiger partial charge in [-0.25, -0.2) is 9.59 Å². The molecule has 0 bridgehead atoms. The minimum atomic E-state index is -0.619. The summed E-state index contributed by atoms with van der Waals surface area (Å²) in [5.74, 6) is -0.510. The lowest BCUT2D eigenvalue weighted by Gasteiger charge is -2.02. The monoisotopic (exact) mass is 361 g/mol. The first-order valence-corrected chi connectivity index (χ1v) is 8.25. The van der Waals surface area contributed by atoms with Gasteiger partial charge in [-0.1, -0.05) is 5.16 Å². The van der Waals surface area contributed by atoms with Crippen molar-refractivity contribution in [3.63, 3.8) is 0 Å². The zero-order chi connectivity index (χ0) is 18.0. The molecule has 0 unspecified atom stereocenters. The number of esters is 2. The number of thiophene rings is 1. The number of aromatic amines is 1. The van der Waals surface area contributed by atoms with E-state index >= 15 is 0 Å². The first-order chi connectivity index (χ1) is 12.0. The Labute approximate surface area is 146 Å². The molecule has 0 aromatic carbocycles. The Bertz CT molecular complexity index is 911. The van der Waals surface area contributed by atoms with Gasteiger partial charge >= 0.3 is 11.9 Å². The summed E-state index contributed by atoms with van der Waals surface area (Å²) in [6.07, 6.45) is 0. The van der Waals surface area contributed by atoms with Crippen molar-refractivity contribution in [3.05, 3.63) is 45.2 Å². The van der Waals surface area contributed by atoms with E-state index in [1.807, 2.05) is 16.8 Å². The van der Waals surface area contributed by atoms with Gasteiger partial charge in [0, 0.05) is 16.6 Å². The molecule has 3 rings (SSSR count). The summed E-state index contributed by atoms with van der Waals surface area (Å²) in [6.45, 7) is 3.16. The normalized spacial score (nSPS) is 10.7. The minimum absolute atomic E-state index is 0.166. The zero-order valence-electron chi connectivity index (χ0n) is 13.8. The Balaban J connectivity index is 1.70. The Morgan fingerprint density at radius 1 is 1.32 bits per heavy atom. The molecule has 0 spiro atoms. The lowest BCUT2D eigenvalue weighted by Crippen LogP contribution is -2.08. The second kappa shape index (κ2) is 6.89. The third kappa shape index (κ3) is 3.31. The predicted molar refractivity (Wildman–Crippen MR) is 88.3 cm³/mol. The minimum Gasteiger partial charge on any atom is -0.465 e. The predicted octanol–water partition coefficient (Wildman–Crippen LogP) is 2.89. The molecule has 0 aliphatic rings. The van der Waals surface area contributed by atoms with Gasteiger partial charge in [0.15, 0.2) is 6.61 Å². The molecule has 0 aliphatic carbocycles. The summed E-state index contributed by atoms with van der Waals surface area (Å²) in [4.78, 5) is 31.0. The van der Waals surface area contributed by atoms with Gasteiger partial charge in [0.1, 0.15) is 5.69 Å². The molecule has 0 amide bonds. The van der Waals surface area contributed by atoms with Crippen LogP contribution < -0.4 is 0 Å². The molecule has 3 aromatic heterocycles. The van der Waals surface area contributed by atoms with Crippen LogP contribution in [-0.2, 0) is 16.1 Å². The van der Waals surface area contributed by atoms with Crippen molar-refractivity contribution in [2.75, 3.05) is 7.11 Å². The number of nitrogens with one attached hydrogen (secondary N) is 1. The number of nitrogens with zero attached hydrogens (tertiary/aromatic N) is 2. The molecule has 130 valence electrons. The first kappa shape index (κ1) is 16.9. The molecular formula is C16H15N3O5S. The topological polar surface area (TPSA) is 107 Å². The number of hydrogen-bond acceptors (Lipinski definition) is 8. The zero-order valence-corrected chi connectivity index (χ0v) is 14.6. The highest BCUT2D eigenvalue weighted by molar-refractivity contribution is 7.08. The summed E-state index contributed by atoms with van der Waals surface area (Å²) >= 11 is 1.52. The molecular weight excluding hydrogens is 346 g/mol. The second-order valence-corrected chi connectivity index (χ2v) is 6.00.